The number of para-hydroxylation sites is 1. The minimum Gasteiger partial charge on any atom is -0.497 e. The fourth-order valence-corrected chi connectivity index (χ4v) is 5.23. The summed E-state index contributed by atoms with van der Waals surface area (Å²) in [5.41, 5.74) is 1.43. The molecule has 0 atom stereocenters. The molecule has 6 aromatic rings. The van der Waals surface area contributed by atoms with E-state index in [1.807, 2.05) is 24.3 Å². The first-order chi connectivity index (χ1) is 19.5. The first-order valence-corrected chi connectivity index (χ1v) is 13.1. The zero-order valence-corrected chi connectivity index (χ0v) is 22.6. The van der Waals surface area contributed by atoms with Crippen LogP contribution in [0.25, 0.3) is 27.9 Å². The quantitative estimate of drug-likeness (QED) is 0.281. The number of rotatable bonds is 6. The molecule has 11 heteroatoms. The van der Waals surface area contributed by atoms with Crippen molar-refractivity contribution >= 4 is 28.0 Å². The molecule has 3 aromatic carbocycles. The van der Waals surface area contributed by atoms with Crippen LogP contribution in [0.15, 0.2) is 103 Å². The molecule has 0 aliphatic carbocycles. The van der Waals surface area contributed by atoms with E-state index < -0.39 is 11.3 Å². The predicted molar refractivity (Wildman–Crippen MR) is 152 cm³/mol. The highest BCUT2D eigenvalue weighted by molar-refractivity contribution is 7.07. The van der Waals surface area contributed by atoms with Crippen molar-refractivity contribution in [1.29, 1.82) is 0 Å². The van der Waals surface area contributed by atoms with Gasteiger partial charge in [-0.25, -0.2) is 19.3 Å². The molecule has 3 heterocycles. The van der Waals surface area contributed by atoms with Crippen LogP contribution in [0.2, 0.25) is 0 Å². The van der Waals surface area contributed by atoms with E-state index >= 15 is 0 Å². The molecule has 0 radical (unpaired) electrons. The van der Waals surface area contributed by atoms with Crippen molar-refractivity contribution in [3.8, 4) is 28.4 Å². The Hall–Kier alpha value is -5.16. The normalized spacial score (nSPS) is 11.7. The summed E-state index contributed by atoms with van der Waals surface area (Å²) in [5.74, 6) is 1.74. The van der Waals surface area contributed by atoms with Crippen LogP contribution in [-0.4, -0.2) is 33.4 Å². The number of benzene rings is 3. The number of hydrogen-bond acceptors (Lipinski definition) is 8. The number of hydrogen-bond donors (Lipinski definition) is 0. The summed E-state index contributed by atoms with van der Waals surface area (Å²) in [4.78, 5) is 32.3. The summed E-state index contributed by atoms with van der Waals surface area (Å²) in [7, 11) is 3.17. The second-order valence-electron chi connectivity index (χ2n) is 8.76. The smallest absolute Gasteiger partial charge is 0.370 e. The van der Waals surface area contributed by atoms with Gasteiger partial charge in [-0.1, -0.05) is 18.2 Å². The molecule has 0 unspecified atom stereocenters. The van der Waals surface area contributed by atoms with E-state index in [1.165, 1.54) is 20.7 Å². The Kier molecular flexibility index (Phi) is 6.40. The van der Waals surface area contributed by atoms with Gasteiger partial charge >= 0.3 is 11.3 Å². The first kappa shape index (κ1) is 25.1. The number of fused-ring (bicyclic) bond motifs is 1. The molecule has 6 rings (SSSR count). The zero-order chi connectivity index (χ0) is 27.8. The largest absolute Gasteiger partial charge is 0.497 e. The summed E-state index contributed by atoms with van der Waals surface area (Å²) in [5, 5.41) is 7.05. The van der Waals surface area contributed by atoms with Gasteiger partial charge in [-0.2, -0.15) is 9.36 Å². The van der Waals surface area contributed by atoms with Gasteiger partial charge in [0.05, 0.1) is 36.9 Å². The van der Waals surface area contributed by atoms with Gasteiger partial charge in [0.2, 0.25) is 4.80 Å². The highest BCUT2D eigenvalue weighted by Crippen LogP contribution is 2.23. The molecule has 0 saturated heterocycles. The van der Waals surface area contributed by atoms with E-state index in [2.05, 4.69) is 5.10 Å². The molecule has 40 heavy (non-hydrogen) atoms. The van der Waals surface area contributed by atoms with E-state index in [1.54, 1.807) is 85.8 Å². The van der Waals surface area contributed by atoms with Gasteiger partial charge in [-0.05, 0) is 67.6 Å². The molecule has 10 nitrogen and oxygen atoms in total. The number of aryl methyl sites for hydroxylation is 1. The fourth-order valence-electron chi connectivity index (χ4n) is 4.34. The molecule has 200 valence electrons. The number of ether oxygens (including phenoxy) is 2. The maximum atomic E-state index is 13.9. The highest BCUT2D eigenvalue weighted by Gasteiger charge is 2.21. The van der Waals surface area contributed by atoms with E-state index in [4.69, 9.17) is 18.9 Å². The third kappa shape index (κ3) is 4.41. The van der Waals surface area contributed by atoms with Crippen molar-refractivity contribution in [3.63, 3.8) is 0 Å². The summed E-state index contributed by atoms with van der Waals surface area (Å²) in [6.45, 7) is 1.72. The SMILES string of the molecule is COc1ccc(N=c2scc(-c3cc4ccccc4oc3=O)n2-n2c(C)nn(-c3ccc(OC)cc3)c2=O)cc1. The molecule has 0 fully saturated rings. The topological polar surface area (TPSA) is 106 Å². The van der Waals surface area contributed by atoms with Crippen LogP contribution < -0.4 is 25.6 Å². The summed E-state index contributed by atoms with van der Waals surface area (Å²) in [6, 6.07) is 23.2. The van der Waals surface area contributed by atoms with E-state index in [9.17, 15) is 9.59 Å². The Morgan fingerprint density at radius 2 is 1.55 bits per heavy atom. The Bertz CT molecular complexity index is 2030. The number of aromatic nitrogens is 4. The molecule has 0 bridgehead atoms. The molecule has 0 N–H and O–H groups in total. The predicted octanol–water partition coefficient (Wildman–Crippen LogP) is 4.54. The van der Waals surface area contributed by atoms with E-state index in [-0.39, 0.29) is 5.56 Å². The maximum Gasteiger partial charge on any atom is 0.370 e. The lowest BCUT2D eigenvalue weighted by molar-refractivity contribution is 0.414. The standard InChI is InChI=1S/C29H23N5O5S/c1-18-31-32(21-10-14-23(38-3)15-11-21)29(36)33(18)34-25(24-16-19-6-4-5-7-26(19)39-27(24)35)17-40-28(34)30-20-8-12-22(37-2)13-9-20/h4-17H,1-3H3. The van der Waals surface area contributed by atoms with Crippen LogP contribution in [0.5, 0.6) is 11.5 Å². The molecule has 3 aromatic heterocycles. The van der Waals surface area contributed by atoms with Gasteiger partial charge in [0.1, 0.15) is 17.1 Å². The highest BCUT2D eigenvalue weighted by atomic mass is 32.1. The average Bonchev–Trinajstić information content (AvgIpc) is 3.51. The lowest BCUT2D eigenvalue weighted by Crippen LogP contribution is -2.35. The van der Waals surface area contributed by atoms with Crippen molar-refractivity contribution in [1.82, 2.24) is 19.1 Å². The van der Waals surface area contributed by atoms with Crippen molar-refractivity contribution in [2.75, 3.05) is 14.2 Å². The monoisotopic (exact) mass is 553 g/mol. The molecular weight excluding hydrogens is 530 g/mol. The molecule has 0 saturated carbocycles. The summed E-state index contributed by atoms with van der Waals surface area (Å²) < 4.78 is 20.4. The number of methoxy groups -OCH3 is 2. The van der Waals surface area contributed by atoms with Crippen molar-refractivity contribution in [2.24, 2.45) is 4.99 Å². The number of thiazole rings is 1. The zero-order valence-electron chi connectivity index (χ0n) is 21.8. The lowest BCUT2D eigenvalue weighted by Gasteiger charge is -2.10. The van der Waals surface area contributed by atoms with Crippen LogP contribution in [0.4, 0.5) is 5.69 Å². The first-order valence-electron chi connectivity index (χ1n) is 12.2. The van der Waals surface area contributed by atoms with Gasteiger partial charge in [-0.3, -0.25) is 0 Å². The Labute approximate surface area is 231 Å². The lowest BCUT2D eigenvalue weighted by atomic mass is 10.1. The number of nitrogens with zero attached hydrogens (tertiary/aromatic N) is 5. The van der Waals surface area contributed by atoms with Gasteiger partial charge in [-0.15, -0.1) is 16.4 Å². The fraction of sp³-hybridized carbons (Fsp3) is 0.103. The molecule has 0 amide bonds. The third-order valence-corrected chi connectivity index (χ3v) is 7.15. The van der Waals surface area contributed by atoms with E-state index in [0.717, 1.165) is 5.39 Å². The minimum absolute atomic E-state index is 0.287. The van der Waals surface area contributed by atoms with Gasteiger partial charge in [0, 0.05) is 10.8 Å². The third-order valence-electron chi connectivity index (χ3n) is 6.33. The van der Waals surface area contributed by atoms with Crippen LogP contribution in [0.3, 0.4) is 0 Å². The average molecular weight is 554 g/mol. The molecule has 0 aliphatic rings. The van der Waals surface area contributed by atoms with Crippen molar-refractivity contribution in [2.45, 2.75) is 6.92 Å². The Balaban J connectivity index is 1.61. The van der Waals surface area contributed by atoms with Crippen molar-refractivity contribution in [3.05, 3.63) is 116 Å². The molecular formula is C29H23N5O5S. The second-order valence-corrected chi connectivity index (χ2v) is 9.60. The summed E-state index contributed by atoms with van der Waals surface area (Å²) in [6.07, 6.45) is 0. The maximum absolute atomic E-state index is 13.9. The van der Waals surface area contributed by atoms with Crippen molar-refractivity contribution < 1.29 is 13.9 Å². The van der Waals surface area contributed by atoms with Crippen LogP contribution in [0.1, 0.15) is 5.82 Å². The van der Waals surface area contributed by atoms with Gasteiger partial charge in [0.25, 0.3) is 0 Å². The van der Waals surface area contributed by atoms with Crippen LogP contribution in [-0.2, 0) is 0 Å². The second kappa shape index (κ2) is 10.2. The van der Waals surface area contributed by atoms with Crippen LogP contribution >= 0.6 is 11.3 Å². The van der Waals surface area contributed by atoms with Gasteiger partial charge in [0.15, 0.2) is 5.82 Å². The van der Waals surface area contributed by atoms with E-state index in [0.29, 0.717) is 44.8 Å². The molecule has 0 aliphatic heterocycles. The Morgan fingerprint density at radius 1 is 0.875 bits per heavy atom. The van der Waals surface area contributed by atoms with Crippen LogP contribution in [0, 0.1) is 6.92 Å². The minimum atomic E-state index is -0.533. The van der Waals surface area contributed by atoms with Gasteiger partial charge < -0.3 is 13.9 Å². The Morgan fingerprint density at radius 3 is 2.25 bits per heavy atom. The molecule has 0 spiro atoms. The summed E-state index contributed by atoms with van der Waals surface area (Å²) >= 11 is 1.28.